The highest BCUT2D eigenvalue weighted by Gasteiger charge is 2.22. The minimum atomic E-state index is -3.54. The molecule has 2 aromatic rings. The Kier molecular flexibility index (Phi) is 6.68. The topological polar surface area (TPSA) is 90.9 Å². The van der Waals surface area contributed by atoms with Crippen LogP contribution < -0.4 is 19.5 Å². The maximum absolute atomic E-state index is 12.8. The highest BCUT2D eigenvalue weighted by atomic mass is 32.2. The average Bonchev–Trinajstić information content (AvgIpc) is 2.67. The normalized spacial score (nSPS) is 11.0. The fourth-order valence-corrected chi connectivity index (χ4v) is 4.19. The second-order valence-corrected chi connectivity index (χ2v) is 7.76. The molecule has 0 spiro atoms. The number of carbonyl (C=O) groups excluding carboxylic acids is 1. The van der Waals surface area contributed by atoms with E-state index in [-0.39, 0.29) is 16.2 Å². The number of hydrogen-bond donors (Lipinski definition) is 1. The first-order chi connectivity index (χ1) is 12.9. The molecule has 7 nitrogen and oxygen atoms in total. The Morgan fingerprint density at radius 1 is 1.00 bits per heavy atom. The number of amides is 1. The van der Waals surface area contributed by atoms with Crippen LogP contribution in [0.1, 0.15) is 23.7 Å². The van der Waals surface area contributed by atoms with E-state index in [1.54, 1.807) is 31.2 Å². The number of rotatable bonds is 8. The van der Waals surface area contributed by atoms with Gasteiger partial charge in [-0.3, -0.25) is 4.79 Å². The van der Waals surface area contributed by atoms with E-state index in [0.717, 1.165) is 0 Å². The molecule has 0 aliphatic rings. The molecule has 0 radical (unpaired) electrons. The van der Waals surface area contributed by atoms with Gasteiger partial charge >= 0.3 is 0 Å². The molecule has 0 atom stereocenters. The molecule has 0 aromatic heterocycles. The molecule has 0 aliphatic heterocycles. The number of sulfone groups is 1. The van der Waals surface area contributed by atoms with Crippen molar-refractivity contribution in [3.8, 4) is 17.2 Å². The van der Waals surface area contributed by atoms with Gasteiger partial charge in [-0.25, -0.2) is 8.42 Å². The first-order valence-electron chi connectivity index (χ1n) is 8.31. The van der Waals surface area contributed by atoms with Crippen LogP contribution in [0, 0.1) is 0 Å². The van der Waals surface area contributed by atoms with Gasteiger partial charge in [0.2, 0.25) is 5.75 Å². The molecule has 2 aromatic carbocycles. The van der Waals surface area contributed by atoms with E-state index >= 15 is 0 Å². The molecular weight excluding hydrogens is 370 g/mol. The zero-order chi connectivity index (χ0) is 20.0. The summed E-state index contributed by atoms with van der Waals surface area (Å²) in [6.07, 6.45) is 0.463. The van der Waals surface area contributed by atoms with Crippen LogP contribution in [0.5, 0.6) is 17.2 Å². The Balaban J connectivity index is 2.42. The lowest BCUT2D eigenvalue weighted by Crippen LogP contribution is -2.18. The van der Waals surface area contributed by atoms with Crippen molar-refractivity contribution in [2.75, 3.05) is 32.4 Å². The maximum atomic E-state index is 12.8. The molecule has 0 bridgehead atoms. The minimum absolute atomic E-state index is 0.0109. The highest BCUT2D eigenvalue weighted by molar-refractivity contribution is 7.91. The van der Waals surface area contributed by atoms with Crippen molar-refractivity contribution in [3.63, 3.8) is 0 Å². The molecule has 0 aliphatic carbocycles. The third kappa shape index (κ3) is 4.51. The Morgan fingerprint density at radius 3 is 2.11 bits per heavy atom. The van der Waals surface area contributed by atoms with Crippen molar-refractivity contribution in [1.82, 2.24) is 0 Å². The Labute approximate surface area is 159 Å². The first-order valence-corrected chi connectivity index (χ1v) is 9.96. The summed E-state index contributed by atoms with van der Waals surface area (Å²) < 4.78 is 40.7. The first kappa shape index (κ1) is 20.6. The van der Waals surface area contributed by atoms with Gasteiger partial charge in [0.25, 0.3) is 5.91 Å². The summed E-state index contributed by atoms with van der Waals surface area (Å²) in [5, 5.41) is 2.69. The second kappa shape index (κ2) is 8.77. The van der Waals surface area contributed by atoms with Crippen molar-refractivity contribution in [1.29, 1.82) is 0 Å². The molecule has 0 fully saturated rings. The smallest absolute Gasteiger partial charge is 0.256 e. The van der Waals surface area contributed by atoms with Crippen molar-refractivity contribution in [2.24, 2.45) is 0 Å². The van der Waals surface area contributed by atoms with Crippen LogP contribution in [0.25, 0.3) is 0 Å². The molecule has 0 unspecified atom stereocenters. The van der Waals surface area contributed by atoms with Crippen LogP contribution in [0.2, 0.25) is 0 Å². The van der Waals surface area contributed by atoms with Gasteiger partial charge in [0.1, 0.15) is 0 Å². The molecular formula is C19H23NO6S. The van der Waals surface area contributed by atoms with Gasteiger partial charge in [0.05, 0.1) is 37.5 Å². The van der Waals surface area contributed by atoms with Crippen LogP contribution >= 0.6 is 0 Å². The number of benzene rings is 2. The van der Waals surface area contributed by atoms with Crippen molar-refractivity contribution in [3.05, 3.63) is 42.0 Å². The largest absolute Gasteiger partial charge is 0.493 e. The van der Waals surface area contributed by atoms with E-state index in [0.29, 0.717) is 29.4 Å². The summed E-state index contributed by atoms with van der Waals surface area (Å²) in [6.45, 7) is 1.77. The van der Waals surface area contributed by atoms with Crippen LogP contribution in [-0.4, -0.2) is 41.4 Å². The summed E-state index contributed by atoms with van der Waals surface area (Å²) in [7, 11) is 0.870. The fraction of sp³-hybridized carbons (Fsp3) is 0.316. The van der Waals surface area contributed by atoms with E-state index in [9.17, 15) is 13.2 Å². The van der Waals surface area contributed by atoms with E-state index < -0.39 is 15.7 Å². The Hall–Kier alpha value is -2.74. The van der Waals surface area contributed by atoms with E-state index in [1.807, 2.05) is 0 Å². The summed E-state index contributed by atoms with van der Waals surface area (Å²) in [5.74, 6) is 0.572. The standard InChI is InChI=1S/C19H23NO6S/c1-5-10-27(22,23)17-9-7-6-8-14(17)19(21)20-13-11-15(24-2)18(26-4)16(12-13)25-3/h6-9,11-12H,5,10H2,1-4H3,(H,20,21). The van der Waals surface area contributed by atoms with Crippen LogP contribution in [0.3, 0.4) is 0 Å². The van der Waals surface area contributed by atoms with E-state index in [4.69, 9.17) is 14.2 Å². The minimum Gasteiger partial charge on any atom is -0.493 e. The zero-order valence-corrected chi connectivity index (χ0v) is 16.6. The lowest BCUT2D eigenvalue weighted by molar-refractivity contribution is 0.102. The fourth-order valence-electron chi connectivity index (χ4n) is 2.66. The summed E-state index contributed by atoms with van der Waals surface area (Å²) in [6, 6.07) is 9.28. The van der Waals surface area contributed by atoms with E-state index in [1.165, 1.54) is 33.5 Å². The highest BCUT2D eigenvalue weighted by Crippen LogP contribution is 2.40. The van der Waals surface area contributed by atoms with Crippen LogP contribution in [-0.2, 0) is 9.84 Å². The molecule has 27 heavy (non-hydrogen) atoms. The number of methoxy groups -OCH3 is 3. The second-order valence-electron chi connectivity index (χ2n) is 5.68. The molecule has 146 valence electrons. The van der Waals surface area contributed by atoms with Gasteiger partial charge in [0.15, 0.2) is 21.3 Å². The Bertz CT molecular complexity index is 899. The summed E-state index contributed by atoms with van der Waals surface area (Å²) in [5.41, 5.74) is 0.469. The van der Waals surface area contributed by atoms with Gasteiger partial charge in [-0.05, 0) is 18.6 Å². The van der Waals surface area contributed by atoms with E-state index in [2.05, 4.69) is 5.32 Å². The van der Waals surface area contributed by atoms with Crippen molar-refractivity contribution < 1.29 is 27.4 Å². The van der Waals surface area contributed by atoms with Crippen molar-refractivity contribution in [2.45, 2.75) is 18.2 Å². The number of hydrogen-bond acceptors (Lipinski definition) is 6. The predicted molar refractivity (Wildman–Crippen MR) is 103 cm³/mol. The lowest BCUT2D eigenvalue weighted by atomic mass is 10.2. The quantitative estimate of drug-likeness (QED) is 0.741. The van der Waals surface area contributed by atoms with Crippen molar-refractivity contribution >= 4 is 21.4 Å². The molecule has 0 heterocycles. The molecule has 1 N–H and O–H groups in total. The summed E-state index contributed by atoms with van der Waals surface area (Å²) in [4.78, 5) is 12.8. The number of carbonyl (C=O) groups is 1. The molecule has 8 heteroatoms. The third-order valence-corrected chi connectivity index (χ3v) is 5.83. The molecule has 1 amide bonds. The number of ether oxygens (including phenoxy) is 3. The predicted octanol–water partition coefficient (Wildman–Crippen LogP) is 3.15. The average molecular weight is 393 g/mol. The zero-order valence-electron chi connectivity index (χ0n) is 15.7. The summed E-state index contributed by atoms with van der Waals surface area (Å²) >= 11 is 0. The van der Waals surface area contributed by atoms with Gasteiger partial charge in [-0.2, -0.15) is 0 Å². The van der Waals surface area contributed by atoms with Gasteiger partial charge in [-0.1, -0.05) is 19.1 Å². The number of anilines is 1. The van der Waals surface area contributed by atoms with Crippen LogP contribution in [0.4, 0.5) is 5.69 Å². The molecule has 0 saturated heterocycles. The van der Waals surface area contributed by atoms with Crippen LogP contribution in [0.15, 0.2) is 41.3 Å². The molecule has 2 rings (SSSR count). The maximum Gasteiger partial charge on any atom is 0.256 e. The lowest BCUT2D eigenvalue weighted by Gasteiger charge is -2.15. The van der Waals surface area contributed by atoms with Gasteiger partial charge in [0, 0.05) is 17.8 Å². The van der Waals surface area contributed by atoms with Gasteiger partial charge < -0.3 is 19.5 Å². The Morgan fingerprint density at radius 2 is 1.59 bits per heavy atom. The number of nitrogens with one attached hydrogen (secondary N) is 1. The molecule has 0 saturated carbocycles. The third-order valence-electron chi connectivity index (χ3n) is 3.86. The van der Waals surface area contributed by atoms with Gasteiger partial charge in [-0.15, -0.1) is 0 Å². The monoisotopic (exact) mass is 393 g/mol. The SMILES string of the molecule is CCCS(=O)(=O)c1ccccc1C(=O)Nc1cc(OC)c(OC)c(OC)c1.